The van der Waals surface area contributed by atoms with Crippen molar-refractivity contribution in [1.29, 1.82) is 0 Å². The average molecular weight is 313 g/mol. The zero-order valence-corrected chi connectivity index (χ0v) is 12.7. The summed E-state index contributed by atoms with van der Waals surface area (Å²) in [6.07, 6.45) is 2.49. The third-order valence-corrected chi connectivity index (χ3v) is 3.38. The Morgan fingerprint density at radius 1 is 1.29 bits per heavy atom. The summed E-state index contributed by atoms with van der Waals surface area (Å²) >= 11 is 0. The van der Waals surface area contributed by atoms with Gasteiger partial charge in [0.1, 0.15) is 13.2 Å². The van der Waals surface area contributed by atoms with Gasteiger partial charge in [0.25, 0.3) is 0 Å². The molecule has 5 nitrogen and oxygen atoms in total. The van der Waals surface area contributed by atoms with Gasteiger partial charge in [0.05, 0.1) is 6.04 Å². The van der Waals surface area contributed by atoms with Gasteiger partial charge in [-0.25, -0.2) is 0 Å². The molecule has 1 amide bonds. The summed E-state index contributed by atoms with van der Waals surface area (Å²) < 4.78 is 5.18. The number of hydrogen-bond acceptors (Lipinski definition) is 4. The third kappa shape index (κ3) is 5.36. The van der Waals surface area contributed by atoms with E-state index in [-0.39, 0.29) is 31.5 Å². The Morgan fingerprint density at radius 2 is 2.00 bits per heavy atom. The van der Waals surface area contributed by atoms with Crippen molar-refractivity contribution >= 4 is 24.3 Å². The van der Waals surface area contributed by atoms with Crippen LogP contribution in [-0.4, -0.2) is 35.9 Å². The predicted molar refractivity (Wildman–Crippen MR) is 81.9 cm³/mol. The molecular weight excluding hydrogens is 292 g/mol. The van der Waals surface area contributed by atoms with E-state index in [0.717, 1.165) is 18.4 Å². The average Bonchev–Trinajstić information content (AvgIpc) is 2.62. The van der Waals surface area contributed by atoms with Crippen LogP contribution in [0.5, 0.6) is 0 Å². The maximum atomic E-state index is 11.9. The number of likely N-dealkylation sites (tertiary alicyclic amines) is 1. The summed E-state index contributed by atoms with van der Waals surface area (Å²) in [6, 6.07) is 8.98. The summed E-state index contributed by atoms with van der Waals surface area (Å²) in [4.78, 5) is 25.2. The summed E-state index contributed by atoms with van der Waals surface area (Å²) in [6.45, 7) is 0.792. The Balaban J connectivity index is 0.00000220. The Labute approximate surface area is 130 Å². The number of carbonyl (C=O) groups excluding carboxylic acids is 2. The summed E-state index contributed by atoms with van der Waals surface area (Å²) in [5.41, 5.74) is 6.70. The zero-order chi connectivity index (χ0) is 14.4. The van der Waals surface area contributed by atoms with Gasteiger partial charge in [-0.2, -0.15) is 0 Å². The Morgan fingerprint density at radius 3 is 2.71 bits per heavy atom. The van der Waals surface area contributed by atoms with E-state index in [1.807, 2.05) is 30.3 Å². The first kappa shape index (κ1) is 17.5. The molecule has 2 N–H and O–H groups in total. The normalized spacial score (nSPS) is 18.6. The van der Waals surface area contributed by atoms with Crippen molar-refractivity contribution in [1.82, 2.24) is 4.90 Å². The van der Waals surface area contributed by atoms with Crippen LogP contribution in [-0.2, 0) is 20.9 Å². The van der Waals surface area contributed by atoms with Crippen molar-refractivity contribution in [2.45, 2.75) is 31.9 Å². The van der Waals surface area contributed by atoms with E-state index < -0.39 is 12.0 Å². The van der Waals surface area contributed by atoms with Gasteiger partial charge in [0, 0.05) is 6.54 Å². The Hall–Kier alpha value is -1.59. The quantitative estimate of drug-likeness (QED) is 0.855. The molecule has 1 aromatic rings. The molecule has 1 aliphatic heterocycles. The number of amides is 1. The van der Waals surface area contributed by atoms with Crippen LogP contribution in [0.15, 0.2) is 30.3 Å². The highest BCUT2D eigenvalue weighted by atomic mass is 35.5. The first-order valence-electron chi connectivity index (χ1n) is 6.91. The Bertz CT molecular complexity index is 467. The van der Waals surface area contributed by atoms with E-state index >= 15 is 0 Å². The maximum Gasteiger partial charge on any atom is 0.325 e. The van der Waals surface area contributed by atoms with Crippen LogP contribution in [0, 0.1) is 0 Å². The number of halogens is 1. The van der Waals surface area contributed by atoms with Crippen molar-refractivity contribution < 1.29 is 14.3 Å². The first-order chi connectivity index (χ1) is 9.66. The van der Waals surface area contributed by atoms with Crippen LogP contribution in [0.1, 0.15) is 24.8 Å². The minimum absolute atomic E-state index is 0. The van der Waals surface area contributed by atoms with Crippen LogP contribution in [0.4, 0.5) is 0 Å². The van der Waals surface area contributed by atoms with Gasteiger partial charge < -0.3 is 15.4 Å². The van der Waals surface area contributed by atoms with E-state index in [1.54, 1.807) is 0 Å². The van der Waals surface area contributed by atoms with Gasteiger partial charge in [0.2, 0.25) is 5.91 Å². The molecular formula is C15H21ClN2O3. The fourth-order valence-electron chi connectivity index (χ4n) is 2.23. The maximum absolute atomic E-state index is 11.9. The van der Waals surface area contributed by atoms with Crippen molar-refractivity contribution in [2.75, 3.05) is 13.1 Å². The van der Waals surface area contributed by atoms with Gasteiger partial charge >= 0.3 is 5.97 Å². The monoisotopic (exact) mass is 312 g/mol. The number of rotatable bonds is 4. The molecule has 0 bridgehead atoms. The van der Waals surface area contributed by atoms with Crippen LogP contribution < -0.4 is 5.73 Å². The van der Waals surface area contributed by atoms with Crippen LogP contribution in [0.2, 0.25) is 0 Å². The summed E-state index contributed by atoms with van der Waals surface area (Å²) in [7, 11) is 0. The fourth-order valence-corrected chi connectivity index (χ4v) is 2.23. The standard InChI is InChI=1S/C15H20N2O3.ClH/c16-13-8-4-5-9-17(15(13)19)10-14(18)20-11-12-6-2-1-3-7-12;/h1-3,6-7,13H,4-5,8-11,16H2;1H/t13-;/m0./s1. The number of esters is 1. The molecule has 1 atom stereocenters. The van der Waals surface area contributed by atoms with Crippen molar-refractivity contribution in [3.05, 3.63) is 35.9 Å². The molecule has 1 fully saturated rings. The minimum atomic E-state index is -0.487. The van der Waals surface area contributed by atoms with E-state index in [1.165, 1.54) is 4.90 Å². The molecule has 21 heavy (non-hydrogen) atoms. The zero-order valence-electron chi connectivity index (χ0n) is 11.9. The molecule has 2 rings (SSSR count). The summed E-state index contributed by atoms with van der Waals surface area (Å²) in [5, 5.41) is 0. The third-order valence-electron chi connectivity index (χ3n) is 3.38. The number of hydrogen-bond donors (Lipinski definition) is 1. The van der Waals surface area contributed by atoms with Gasteiger partial charge in [-0.3, -0.25) is 9.59 Å². The van der Waals surface area contributed by atoms with E-state index in [2.05, 4.69) is 0 Å². The molecule has 1 aliphatic rings. The molecule has 6 heteroatoms. The molecule has 0 unspecified atom stereocenters. The number of ether oxygens (including phenoxy) is 1. The van der Waals surface area contributed by atoms with Crippen molar-refractivity contribution in [2.24, 2.45) is 5.73 Å². The highest BCUT2D eigenvalue weighted by molar-refractivity contribution is 5.86. The number of nitrogens with zero attached hydrogens (tertiary/aromatic N) is 1. The van der Waals surface area contributed by atoms with Crippen LogP contribution in [0.25, 0.3) is 0 Å². The molecule has 116 valence electrons. The predicted octanol–water partition coefficient (Wildman–Crippen LogP) is 1.49. The molecule has 0 saturated carbocycles. The summed E-state index contributed by atoms with van der Waals surface area (Å²) in [5.74, 6) is -0.546. The lowest BCUT2D eigenvalue weighted by Crippen LogP contribution is -2.44. The van der Waals surface area contributed by atoms with Gasteiger partial charge in [0.15, 0.2) is 0 Å². The number of benzene rings is 1. The lowest BCUT2D eigenvalue weighted by Gasteiger charge is -2.21. The van der Waals surface area contributed by atoms with Gasteiger partial charge in [-0.15, -0.1) is 12.4 Å². The number of nitrogens with two attached hydrogens (primary N) is 1. The second-order valence-corrected chi connectivity index (χ2v) is 5.01. The smallest absolute Gasteiger partial charge is 0.325 e. The second-order valence-electron chi connectivity index (χ2n) is 5.01. The molecule has 1 saturated heterocycles. The minimum Gasteiger partial charge on any atom is -0.459 e. The highest BCUT2D eigenvalue weighted by Crippen LogP contribution is 2.11. The second kappa shape index (κ2) is 8.64. The van der Waals surface area contributed by atoms with E-state index in [4.69, 9.17) is 10.5 Å². The SMILES string of the molecule is Cl.N[C@H]1CCCCN(CC(=O)OCc2ccccc2)C1=O. The first-order valence-corrected chi connectivity index (χ1v) is 6.91. The van der Waals surface area contributed by atoms with Crippen molar-refractivity contribution in [3.63, 3.8) is 0 Å². The molecule has 1 heterocycles. The lowest BCUT2D eigenvalue weighted by atomic mass is 10.1. The Kier molecular flexibility index (Phi) is 7.19. The molecule has 1 aromatic carbocycles. The van der Waals surface area contributed by atoms with E-state index in [9.17, 15) is 9.59 Å². The molecule has 0 spiro atoms. The fraction of sp³-hybridized carbons (Fsp3) is 0.467. The topological polar surface area (TPSA) is 72.6 Å². The highest BCUT2D eigenvalue weighted by Gasteiger charge is 2.25. The van der Waals surface area contributed by atoms with Gasteiger partial charge in [-0.05, 0) is 24.8 Å². The van der Waals surface area contributed by atoms with E-state index in [0.29, 0.717) is 13.0 Å². The van der Waals surface area contributed by atoms with Gasteiger partial charge in [-0.1, -0.05) is 30.3 Å². The number of carbonyl (C=O) groups is 2. The largest absolute Gasteiger partial charge is 0.459 e. The van der Waals surface area contributed by atoms with Crippen LogP contribution >= 0.6 is 12.4 Å². The van der Waals surface area contributed by atoms with Crippen molar-refractivity contribution in [3.8, 4) is 0 Å². The van der Waals surface area contributed by atoms with Crippen LogP contribution in [0.3, 0.4) is 0 Å². The molecule has 0 aromatic heterocycles. The lowest BCUT2D eigenvalue weighted by molar-refractivity contribution is -0.150. The molecule has 0 aliphatic carbocycles. The molecule has 0 radical (unpaired) electrons.